The van der Waals surface area contributed by atoms with E-state index in [0.717, 1.165) is 24.8 Å². The first-order valence-electron chi connectivity index (χ1n) is 6.63. The van der Waals surface area contributed by atoms with Gasteiger partial charge >= 0.3 is 0 Å². The summed E-state index contributed by atoms with van der Waals surface area (Å²) in [6.45, 7) is 0. The van der Waals surface area contributed by atoms with Gasteiger partial charge in [0.15, 0.2) is 5.78 Å². The fraction of sp³-hybridized carbons (Fsp3) is 0.533. The molecule has 0 bridgehead atoms. The number of carbonyl (C=O) groups excluding carboxylic acids is 1. The molecule has 1 aromatic carbocycles. The number of methoxy groups -OCH3 is 1. The summed E-state index contributed by atoms with van der Waals surface area (Å²) in [6.07, 6.45) is 4.21. The molecule has 0 aliphatic heterocycles. The second kappa shape index (κ2) is 5.93. The van der Waals surface area contributed by atoms with Crippen LogP contribution in [0.1, 0.15) is 37.7 Å². The number of halogens is 1. The molecule has 104 valence electrons. The van der Waals surface area contributed by atoms with Gasteiger partial charge < -0.3 is 9.84 Å². The van der Waals surface area contributed by atoms with E-state index in [-0.39, 0.29) is 12.2 Å². The molecule has 3 nitrogen and oxygen atoms in total. The monoisotopic (exact) mass is 282 g/mol. The van der Waals surface area contributed by atoms with Gasteiger partial charge in [0, 0.05) is 17.0 Å². The number of aliphatic hydroxyl groups is 1. The van der Waals surface area contributed by atoms with Crippen molar-refractivity contribution >= 4 is 17.4 Å². The summed E-state index contributed by atoms with van der Waals surface area (Å²) < 4.78 is 5.23. The summed E-state index contributed by atoms with van der Waals surface area (Å²) in [5.41, 5.74) is -0.426. The molecule has 1 fully saturated rings. The molecule has 1 aliphatic rings. The van der Waals surface area contributed by atoms with Crippen LogP contribution >= 0.6 is 11.6 Å². The SMILES string of the molecule is COc1ccc(Cl)cc1CC(=O)C1(O)CCCCC1. The summed E-state index contributed by atoms with van der Waals surface area (Å²) in [7, 11) is 1.56. The molecule has 0 aromatic heterocycles. The van der Waals surface area contributed by atoms with Crippen molar-refractivity contribution in [1.82, 2.24) is 0 Å². The Balaban J connectivity index is 2.16. The molecule has 0 atom stereocenters. The van der Waals surface area contributed by atoms with Crippen molar-refractivity contribution in [1.29, 1.82) is 0 Å². The Hall–Kier alpha value is -1.06. The van der Waals surface area contributed by atoms with E-state index in [1.165, 1.54) is 0 Å². The maximum atomic E-state index is 12.3. The van der Waals surface area contributed by atoms with E-state index in [1.807, 2.05) is 0 Å². The van der Waals surface area contributed by atoms with E-state index in [1.54, 1.807) is 25.3 Å². The van der Waals surface area contributed by atoms with Crippen LogP contribution in [0.5, 0.6) is 5.75 Å². The van der Waals surface area contributed by atoms with Crippen molar-refractivity contribution in [2.75, 3.05) is 7.11 Å². The lowest BCUT2D eigenvalue weighted by Gasteiger charge is -2.30. The molecule has 0 saturated heterocycles. The van der Waals surface area contributed by atoms with Crippen LogP contribution < -0.4 is 4.74 Å². The molecular formula is C15H19ClO3. The Labute approximate surface area is 118 Å². The molecule has 19 heavy (non-hydrogen) atoms. The minimum absolute atomic E-state index is 0.132. The summed E-state index contributed by atoms with van der Waals surface area (Å²) in [5, 5.41) is 11.0. The van der Waals surface area contributed by atoms with E-state index in [2.05, 4.69) is 0 Å². The lowest BCUT2D eigenvalue weighted by molar-refractivity contribution is -0.139. The average molecular weight is 283 g/mol. The van der Waals surface area contributed by atoms with E-state index in [4.69, 9.17) is 16.3 Å². The topological polar surface area (TPSA) is 46.5 Å². The standard InChI is InChI=1S/C15H19ClO3/c1-19-13-6-5-12(16)9-11(13)10-14(17)15(18)7-3-2-4-8-15/h5-6,9,18H,2-4,7-8,10H2,1H3. The van der Waals surface area contributed by atoms with Crippen LogP contribution in [0.3, 0.4) is 0 Å². The molecule has 1 N–H and O–H groups in total. The van der Waals surface area contributed by atoms with E-state index in [0.29, 0.717) is 23.6 Å². The fourth-order valence-electron chi connectivity index (χ4n) is 2.64. The van der Waals surface area contributed by atoms with Gasteiger partial charge in [0.25, 0.3) is 0 Å². The van der Waals surface area contributed by atoms with E-state index >= 15 is 0 Å². The molecule has 1 saturated carbocycles. The van der Waals surface area contributed by atoms with Gasteiger partial charge in [-0.1, -0.05) is 30.9 Å². The van der Waals surface area contributed by atoms with Crippen molar-refractivity contribution in [3.8, 4) is 5.75 Å². The Morgan fingerprint density at radius 2 is 2.05 bits per heavy atom. The highest BCUT2D eigenvalue weighted by molar-refractivity contribution is 6.30. The summed E-state index contributed by atoms with van der Waals surface area (Å²) in [5.74, 6) is 0.505. The van der Waals surface area contributed by atoms with Gasteiger partial charge in [-0.3, -0.25) is 4.79 Å². The van der Waals surface area contributed by atoms with Gasteiger partial charge in [0.2, 0.25) is 0 Å². The lowest BCUT2D eigenvalue weighted by Crippen LogP contribution is -2.41. The minimum Gasteiger partial charge on any atom is -0.496 e. The number of ether oxygens (including phenoxy) is 1. The molecule has 1 aromatic rings. The highest BCUT2D eigenvalue weighted by atomic mass is 35.5. The average Bonchev–Trinajstić information content (AvgIpc) is 2.40. The zero-order valence-electron chi connectivity index (χ0n) is 11.1. The first-order valence-corrected chi connectivity index (χ1v) is 7.01. The molecule has 0 radical (unpaired) electrons. The van der Waals surface area contributed by atoms with Crippen LogP contribution in [-0.4, -0.2) is 23.6 Å². The maximum Gasteiger partial charge on any atom is 0.168 e. The molecule has 0 unspecified atom stereocenters. The first kappa shape index (κ1) is 14.4. The van der Waals surface area contributed by atoms with Gasteiger partial charge in [-0.15, -0.1) is 0 Å². The summed E-state index contributed by atoms with van der Waals surface area (Å²) in [4.78, 5) is 12.3. The number of hydrogen-bond donors (Lipinski definition) is 1. The van der Waals surface area contributed by atoms with E-state index < -0.39 is 5.60 Å². The van der Waals surface area contributed by atoms with Crippen molar-refractivity contribution < 1.29 is 14.6 Å². The van der Waals surface area contributed by atoms with Crippen molar-refractivity contribution in [2.45, 2.75) is 44.1 Å². The third kappa shape index (κ3) is 3.28. The van der Waals surface area contributed by atoms with Gasteiger partial charge in [-0.25, -0.2) is 0 Å². The van der Waals surface area contributed by atoms with Crippen LogP contribution in [0.4, 0.5) is 0 Å². The van der Waals surface area contributed by atoms with Gasteiger partial charge in [0.1, 0.15) is 11.4 Å². The fourth-order valence-corrected chi connectivity index (χ4v) is 2.83. The Morgan fingerprint density at radius 1 is 1.37 bits per heavy atom. The van der Waals surface area contributed by atoms with Gasteiger partial charge in [-0.2, -0.15) is 0 Å². The van der Waals surface area contributed by atoms with Gasteiger partial charge in [-0.05, 0) is 31.0 Å². The van der Waals surface area contributed by atoms with Crippen molar-refractivity contribution in [2.24, 2.45) is 0 Å². The molecular weight excluding hydrogens is 264 g/mol. The van der Waals surface area contributed by atoms with Gasteiger partial charge in [0.05, 0.1) is 7.11 Å². The Kier molecular flexibility index (Phi) is 4.48. The molecule has 0 heterocycles. The summed E-state index contributed by atoms with van der Waals surface area (Å²) >= 11 is 5.95. The molecule has 4 heteroatoms. The summed E-state index contributed by atoms with van der Waals surface area (Å²) in [6, 6.07) is 5.20. The second-order valence-electron chi connectivity index (χ2n) is 5.15. The number of rotatable bonds is 4. The molecule has 0 spiro atoms. The molecule has 0 amide bonds. The molecule has 2 rings (SSSR count). The largest absolute Gasteiger partial charge is 0.496 e. The Bertz CT molecular complexity index is 464. The lowest BCUT2D eigenvalue weighted by atomic mass is 9.80. The van der Waals surface area contributed by atoms with Crippen molar-refractivity contribution in [3.63, 3.8) is 0 Å². The second-order valence-corrected chi connectivity index (χ2v) is 5.58. The van der Waals surface area contributed by atoms with Crippen LogP contribution in [0.15, 0.2) is 18.2 Å². The third-order valence-electron chi connectivity index (χ3n) is 3.79. The smallest absolute Gasteiger partial charge is 0.168 e. The van der Waals surface area contributed by atoms with Crippen LogP contribution in [0.2, 0.25) is 5.02 Å². The quantitative estimate of drug-likeness (QED) is 0.923. The third-order valence-corrected chi connectivity index (χ3v) is 4.03. The minimum atomic E-state index is -1.16. The van der Waals surface area contributed by atoms with Crippen LogP contribution in [-0.2, 0) is 11.2 Å². The highest BCUT2D eigenvalue weighted by Crippen LogP contribution is 2.31. The highest BCUT2D eigenvalue weighted by Gasteiger charge is 2.36. The number of benzene rings is 1. The zero-order valence-corrected chi connectivity index (χ0v) is 11.9. The normalized spacial score (nSPS) is 18.1. The van der Waals surface area contributed by atoms with Crippen LogP contribution in [0.25, 0.3) is 0 Å². The Morgan fingerprint density at radius 3 is 2.68 bits per heavy atom. The zero-order chi connectivity index (χ0) is 13.9. The predicted octanol–water partition coefficient (Wildman–Crippen LogP) is 3.16. The van der Waals surface area contributed by atoms with Crippen LogP contribution in [0, 0.1) is 0 Å². The maximum absolute atomic E-state index is 12.3. The molecule has 1 aliphatic carbocycles. The number of ketones is 1. The van der Waals surface area contributed by atoms with Crippen molar-refractivity contribution in [3.05, 3.63) is 28.8 Å². The first-order chi connectivity index (χ1) is 9.05. The predicted molar refractivity (Wildman–Crippen MR) is 74.7 cm³/mol. The number of carbonyl (C=O) groups is 1. The van der Waals surface area contributed by atoms with E-state index in [9.17, 15) is 9.90 Å². The number of Topliss-reactive ketones (excluding diaryl/α,β-unsaturated/α-hetero) is 1. The number of hydrogen-bond acceptors (Lipinski definition) is 3.